The molecular weight excluding hydrogens is 466 g/mol. The van der Waals surface area contributed by atoms with Crippen LogP contribution in [0.1, 0.15) is 42.2 Å². The van der Waals surface area contributed by atoms with E-state index in [1.807, 2.05) is 23.1 Å². The molecule has 0 spiro atoms. The Balaban J connectivity index is 1.40. The molecule has 1 fully saturated rings. The van der Waals surface area contributed by atoms with E-state index in [9.17, 15) is 9.59 Å². The van der Waals surface area contributed by atoms with Crippen molar-refractivity contribution in [3.63, 3.8) is 0 Å². The quantitative estimate of drug-likeness (QED) is 0.305. The lowest BCUT2D eigenvalue weighted by molar-refractivity contribution is -0.131. The number of hydrogen-bond donors (Lipinski definition) is 0. The second-order valence-electron chi connectivity index (χ2n) is 9.26. The Morgan fingerprint density at radius 3 is 2.82 bits per heavy atom. The Kier molecular flexibility index (Phi) is 7.09. The number of methoxy groups -OCH3 is 1. The van der Waals surface area contributed by atoms with E-state index in [0.717, 1.165) is 35.0 Å². The van der Waals surface area contributed by atoms with Gasteiger partial charge in [0.05, 0.1) is 24.3 Å². The molecule has 8 heteroatoms. The van der Waals surface area contributed by atoms with Gasteiger partial charge < -0.3 is 9.64 Å². The molecule has 2 aliphatic rings. The number of thiophene rings is 1. The largest absolute Gasteiger partial charge is 0.383 e. The fourth-order valence-corrected chi connectivity index (χ4v) is 7.04. The van der Waals surface area contributed by atoms with Crippen molar-refractivity contribution in [2.45, 2.75) is 63.3 Å². The van der Waals surface area contributed by atoms with Crippen LogP contribution in [0.4, 0.5) is 0 Å². The van der Waals surface area contributed by atoms with Crippen LogP contribution in [0.25, 0.3) is 10.2 Å². The minimum atomic E-state index is 0.00360. The van der Waals surface area contributed by atoms with Crippen LogP contribution in [0.3, 0.4) is 0 Å². The van der Waals surface area contributed by atoms with E-state index in [2.05, 4.69) is 19.1 Å². The molecule has 5 rings (SSSR count). The van der Waals surface area contributed by atoms with Crippen LogP contribution in [0, 0.1) is 5.92 Å². The van der Waals surface area contributed by atoms with E-state index in [4.69, 9.17) is 9.72 Å². The summed E-state index contributed by atoms with van der Waals surface area (Å²) in [5, 5.41) is 1.39. The fraction of sp³-hybridized carbons (Fsp3) is 0.500. The summed E-state index contributed by atoms with van der Waals surface area (Å²) in [4.78, 5) is 35.9. The Labute approximate surface area is 208 Å². The zero-order chi connectivity index (χ0) is 23.7. The third-order valence-electron chi connectivity index (χ3n) is 6.95. The van der Waals surface area contributed by atoms with Crippen molar-refractivity contribution in [1.29, 1.82) is 0 Å². The number of thioether (sulfide) groups is 1. The van der Waals surface area contributed by atoms with Crippen LogP contribution in [0.2, 0.25) is 0 Å². The van der Waals surface area contributed by atoms with E-state index < -0.39 is 0 Å². The van der Waals surface area contributed by atoms with Gasteiger partial charge in [-0.25, -0.2) is 4.98 Å². The summed E-state index contributed by atoms with van der Waals surface area (Å²) in [7, 11) is 1.64. The number of fused-ring (bicyclic) bond motifs is 3. The van der Waals surface area contributed by atoms with Gasteiger partial charge in [-0.3, -0.25) is 14.2 Å². The molecule has 2 aliphatic carbocycles. The average molecular weight is 498 g/mol. The number of carbonyl (C=O) groups excluding carboxylic acids is 1. The summed E-state index contributed by atoms with van der Waals surface area (Å²) in [5.41, 5.74) is 2.32. The number of aryl methyl sites for hydroxylation is 2. The number of carbonyl (C=O) groups is 1. The number of benzene rings is 1. The topological polar surface area (TPSA) is 64.4 Å². The molecule has 6 nitrogen and oxygen atoms in total. The van der Waals surface area contributed by atoms with E-state index in [1.165, 1.54) is 35.0 Å². The molecule has 180 valence electrons. The van der Waals surface area contributed by atoms with Crippen LogP contribution < -0.4 is 5.56 Å². The first-order valence-corrected chi connectivity index (χ1v) is 13.9. The number of ether oxygens (including phenoxy) is 1. The predicted octanol–water partition coefficient (Wildman–Crippen LogP) is 4.51. The van der Waals surface area contributed by atoms with Crippen LogP contribution in [0.5, 0.6) is 0 Å². The number of hydrogen-bond acceptors (Lipinski definition) is 6. The Bertz CT molecular complexity index is 1230. The summed E-state index contributed by atoms with van der Waals surface area (Å²) in [6.07, 6.45) is 5.46. The third-order valence-corrected chi connectivity index (χ3v) is 9.09. The number of nitrogens with zero attached hydrogens (tertiary/aromatic N) is 3. The molecule has 0 radical (unpaired) electrons. The van der Waals surface area contributed by atoms with Gasteiger partial charge in [-0.1, -0.05) is 42.1 Å². The van der Waals surface area contributed by atoms with Gasteiger partial charge in [0.15, 0.2) is 5.16 Å². The predicted molar refractivity (Wildman–Crippen MR) is 138 cm³/mol. The molecular formula is C26H31N3O3S2. The lowest BCUT2D eigenvalue weighted by Crippen LogP contribution is -2.40. The summed E-state index contributed by atoms with van der Waals surface area (Å²) in [6, 6.07) is 10.4. The maximum absolute atomic E-state index is 13.5. The molecule has 1 amide bonds. The zero-order valence-corrected chi connectivity index (χ0v) is 21.4. The van der Waals surface area contributed by atoms with Gasteiger partial charge in [-0.2, -0.15) is 0 Å². The monoisotopic (exact) mass is 497 g/mol. The van der Waals surface area contributed by atoms with Crippen molar-refractivity contribution >= 4 is 39.2 Å². The summed E-state index contributed by atoms with van der Waals surface area (Å²) in [5.74, 6) is 0.940. The van der Waals surface area contributed by atoms with E-state index >= 15 is 0 Å². The summed E-state index contributed by atoms with van der Waals surface area (Å²) in [6.45, 7) is 3.64. The van der Waals surface area contributed by atoms with Gasteiger partial charge in [0, 0.05) is 24.6 Å². The molecule has 0 aliphatic heterocycles. The fourth-order valence-electron chi connectivity index (χ4n) is 4.83. The minimum absolute atomic E-state index is 0.00360. The summed E-state index contributed by atoms with van der Waals surface area (Å²) >= 11 is 3.02. The number of aromatic nitrogens is 2. The maximum atomic E-state index is 13.5. The normalized spacial score (nSPS) is 16.1. The van der Waals surface area contributed by atoms with Crippen molar-refractivity contribution in [3.05, 3.63) is 56.7 Å². The highest BCUT2D eigenvalue weighted by Crippen LogP contribution is 2.37. The lowest BCUT2D eigenvalue weighted by atomic mass is 10.1. The van der Waals surface area contributed by atoms with Gasteiger partial charge in [0.2, 0.25) is 5.91 Å². The Morgan fingerprint density at radius 1 is 1.29 bits per heavy atom. The van der Waals surface area contributed by atoms with Gasteiger partial charge in [-0.15, -0.1) is 11.3 Å². The molecule has 2 aromatic heterocycles. The first-order valence-electron chi connectivity index (χ1n) is 12.1. The molecule has 0 unspecified atom stereocenters. The zero-order valence-electron chi connectivity index (χ0n) is 19.8. The minimum Gasteiger partial charge on any atom is -0.383 e. The van der Waals surface area contributed by atoms with Crippen LogP contribution in [0.15, 0.2) is 40.3 Å². The van der Waals surface area contributed by atoms with Crippen LogP contribution in [-0.2, 0) is 35.5 Å². The molecule has 3 aromatic rings. The molecule has 1 saturated carbocycles. The molecule has 2 heterocycles. The summed E-state index contributed by atoms with van der Waals surface area (Å²) < 4.78 is 6.98. The van der Waals surface area contributed by atoms with Crippen LogP contribution >= 0.6 is 23.1 Å². The molecule has 34 heavy (non-hydrogen) atoms. The van der Waals surface area contributed by atoms with E-state index in [-0.39, 0.29) is 23.3 Å². The van der Waals surface area contributed by atoms with Gasteiger partial charge >= 0.3 is 0 Å². The molecule has 1 aromatic carbocycles. The SMILES string of the molecule is COCCn1c(SCC(=O)N(Cc2ccccc2)[C@H](C)C2CC2)nc2sc3c(c2c1=O)CCC3. The van der Waals surface area contributed by atoms with Gasteiger partial charge in [0.25, 0.3) is 5.56 Å². The second kappa shape index (κ2) is 10.2. The molecule has 0 N–H and O–H groups in total. The van der Waals surface area contributed by atoms with Crippen molar-refractivity contribution in [1.82, 2.24) is 14.5 Å². The maximum Gasteiger partial charge on any atom is 0.263 e. The number of amides is 1. The highest BCUT2D eigenvalue weighted by Gasteiger charge is 2.34. The Morgan fingerprint density at radius 2 is 2.09 bits per heavy atom. The third kappa shape index (κ3) is 4.81. The highest BCUT2D eigenvalue weighted by molar-refractivity contribution is 7.99. The molecule has 0 bridgehead atoms. The van der Waals surface area contributed by atoms with Crippen molar-refractivity contribution in [3.8, 4) is 0 Å². The molecule has 0 saturated heterocycles. The van der Waals surface area contributed by atoms with E-state index in [0.29, 0.717) is 30.8 Å². The van der Waals surface area contributed by atoms with Crippen molar-refractivity contribution < 1.29 is 9.53 Å². The standard InChI is InChI=1S/C26H31N3O3S2/c1-17(19-11-12-19)29(15-18-7-4-3-5-8-18)22(30)16-33-26-27-24-23(20-9-6-10-21(20)34-24)25(31)28(26)13-14-32-2/h3-5,7-8,17,19H,6,9-16H2,1-2H3/t17-/m1/s1. The van der Waals surface area contributed by atoms with Crippen molar-refractivity contribution in [2.75, 3.05) is 19.5 Å². The van der Waals surface area contributed by atoms with Crippen molar-refractivity contribution in [2.24, 2.45) is 5.92 Å². The Hall–Kier alpha value is -2.16. The lowest BCUT2D eigenvalue weighted by Gasteiger charge is -2.29. The first kappa shape index (κ1) is 23.6. The highest BCUT2D eigenvalue weighted by atomic mass is 32.2. The van der Waals surface area contributed by atoms with Gasteiger partial charge in [-0.05, 0) is 56.1 Å². The smallest absolute Gasteiger partial charge is 0.263 e. The first-order chi connectivity index (χ1) is 16.6. The molecule has 1 atom stereocenters. The van der Waals surface area contributed by atoms with E-state index in [1.54, 1.807) is 23.0 Å². The second-order valence-corrected chi connectivity index (χ2v) is 11.3. The average Bonchev–Trinajstić information content (AvgIpc) is 3.50. The van der Waals surface area contributed by atoms with Gasteiger partial charge in [0.1, 0.15) is 4.83 Å². The van der Waals surface area contributed by atoms with Crippen LogP contribution in [-0.4, -0.2) is 45.9 Å². The number of rotatable bonds is 10.